The molecule has 0 spiro atoms. The second-order valence-electron chi connectivity index (χ2n) is 8.63. The van der Waals surface area contributed by atoms with Crippen molar-refractivity contribution >= 4 is 17.8 Å². The third kappa shape index (κ3) is 9.71. The minimum atomic E-state index is -1.00. The number of esters is 2. The van der Waals surface area contributed by atoms with Crippen LogP contribution in [0.1, 0.15) is 56.1 Å². The van der Waals surface area contributed by atoms with Crippen molar-refractivity contribution in [1.29, 1.82) is 0 Å². The van der Waals surface area contributed by atoms with Crippen LogP contribution < -0.4 is 14.8 Å². The Bertz CT molecular complexity index is 1060. The van der Waals surface area contributed by atoms with Gasteiger partial charge < -0.3 is 29.4 Å². The molecule has 38 heavy (non-hydrogen) atoms. The zero-order chi connectivity index (χ0) is 28.1. The Labute approximate surface area is 221 Å². The number of rotatable bonds is 7. The van der Waals surface area contributed by atoms with Crippen LogP contribution in [-0.2, 0) is 25.5 Å². The number of aromatic nitrogens is 1. The third-order valence-corrected chi connectivity index (χ3v) is 5.41. The third-order valence-electron chi connectivity index (χ3n) is 5.41. The Kier molecular flexibility index (Phi) is 12.6. The average molecular weight is 535 g/mol. The van der Waals surface area contributed by atoms with E-state index in [9.17, 15) is 18.8 Å². The zero-order valence-corrected chi connectivity index (χ0v) is 22.1. The summed E-state index contributed by atoms with van der Waals surface area (Å²) in [6.07, 6.45) is 2.61. The molecule has 1 aliphatic rings. The van der Waals surface area contributed by atoms with E-state index in [4.69, 9.17) is 24.1 Å². The van der Waals surface area contributed by atoms with Gasteiger partial charge >= 0.3 is 11.9 Å². The van der Waals surface area contributed by atoms with Gasteiger partial charge in [-0.25, -0.2) is 14.2 Å². The Morgan fingerprint density at radius 1 is 1.24 bits per heavy atom. The first kappa shape index (κ1) is 30.7. The van der Waals surface area contributed by atoms with E-state index >= 15 is 0 Å². The normalized spacial score (nSPS) is 19.4. The second kappa shape index (κ2) is 15.6. The summed E-state index contributed by atoms with van der Waals surface area (Å²) in [5, 5.41) is 10.5. The largest absolute Gasteiger partial charge is 0.493 e. The zero-order valence-electron chi connectivity index (χ0n) is 22.1. The second-order valence-corrected chi connectivity index (χ2v) is 8.63. The fourth-order valence-corrected chi connectivity index (χ4v) is 3.62. The molecule has 0 radical (unpaired) electrons. The number of nitrogens with zero attached hydrogens (tertiary/aromatic N) is 1. The fraction of sp³-hybridized carbons (Fsp3) is 0.481. The minimum Gasteiger partial charge on any atom is -0.493 e. The van der Waals surface area contributed by atoms with Crippen molar-refractivity contribution in [3.63, 3.8) is 0 Å². The maximum atomic E-state index is 13.2. The average Bonchev–Trinajstić information content (AvgIpc) is 2.94. The van der Waals surface area contributed by atoms with E-state index < -0.39 is 30.0 Å². The van der Waals surface area contributed by atoms with Crippen LogP contribution >= 0.6 is 0 Å². The Hall–Kier alpha value is -3.57. The Morgan fingerprint density at radius 3 is 2.53 bits per heavy atom. The lowest BCUT2D eigenvalue weighted by molar-refractivity contribution is -0.151. The first-order valence-corrected chi connectivity index (χ1v) is 12.4. The number of carbonyl (C=O) groups is 3. The molecule has 2 unspecified atom stereocenters. The maximum absolute atomic E-state index is 13.2. The molecule has 208 valence electrons. The van der Waals surface area contributed by atoms with Crippen LogP contribution in [-0.4, -0.2) is 66.5 Å². The maximum Gasteiger partial charge on any atom is 0.329 e. The van der Waals surface area contributed by atoms with Crippen LogP contribution in [0.25, 0.3) is 0 Å². The Morgan fingerprint density at radius 2 is 1.92 bits per heavy atom. The molecule has 2 heterocycles. The first-order chi connectivity index (χ1) is 18.2. The number of cyclic esters (lactones) is 1. The number of amides is 1. The number of hydrogen-bond acceptors (Lipinski definition) is 9. The number of ether oxygens (including phenoxy) is 4. The van der Waals surface area contributed by atoms with Crippen LogP contribution in [0.5, 0.6) is 11.5 Å². The van der Waals surface area contributed by atoms with E-state index in [1.165, 1.54) is 38.4 Å². The molecule has 3 atom stereocenters. The van der Waals surface area contributed by atoms with Gasteiger partial charge in [0.15, 0.2) is 11.4 Å². The van der Waals surface area contributed by atoms with E-state index in [-0.39, 0.29) is 42.1 Å². The van der Waals surface area contributed by atoms with Crippen LogP contribution in [0.4, 0.5) is 4.39 Å². The summed E-state index contributed by atoms with van der Waals surface area (Å²) < 4.78 is 34.9. The molecule has 1 aromatic heterocycles. The number of aliphatic hydroxyl groups excluding tert-OH is 1. The molecule has 3 rings (SSSR count). The van der Waals surface area contributed by atoms with Crippen molar-refractivity contribution in [2.45, 2.75) is 64.7 Å². The summed E-state index contributed by atoms with van der Waals surface area (Å²) in [6.45, 7) is 5.36. The summed E-state index contributed by atoms with van der Waals surface area (Å²) >= 11 is 0. The van der Waals surface area contributed by atoms with Crippen molar-refractivity contribution in [2.75, 3.05) is 20.3 Å². The van der Waals surface area contributed by atoms with E-state index in [1.54, 1.807) is 19.1 Å². The van der Waals surface area contributed by atoms with Crippen molar-refractivity contribution in [3.8, 4) is 11.5 Å². The van der Waals surface area contributed by atoms with Gasteiger partial charge in [0.25, 0.3) is 5.91 Å². The molecule has 2 aromatic rings. The summed E-state index contributed by atoms with van der Waals surface area (Å²) in [5.41, 5.74) is 0.696. The molecular formula is C27H35FN2O8. The topological polar surface area (TPSA) is 133 Å². The standard InChI is InChI=1S/C24H27FN2O7.C3H8O/c1-14-12-18(13-16-4-6-17(25)7-5-16)32-11-9-19(24(30)33-14)27-23(29)21-22(34-15(2)28)20(31-3)8-10-26-21;1-2-3-4/h4-8,10,14,18-19H,9,11-13H2,1-3H3,(H,27,29);4H,2-3H2,1H3/t14?,18?,19-;/m0./s1. The molecule has 0 bridgehead atoms. The highest BCUT2D eigenvalue weighted by Crippen LogP contribution is 2.30. The van der Waals surface area contributed by atoms with Gasteiger partial charge in [-0.05, 0) is 37.5 Å². The number of benzene rings is 1. The van der Waals surface area contributed by atoms with Gasteiger partial charge in [0.2, 0.25) is 5.75 Å². The molecule has 1 saturated heterocycles. The van der Waals surface area contributed by atoms with Crippen molar-refractivity contribution in [3.05, 3.63) is 53.6 Å². The number of hydrogen-bond donors (Lipinski definition) is 2. The molecule has 1 aromatic carbocycles. The number of pyridine rings is 1. The molecule has 1 fully saturated rings. The highest BCUT2D eigenvalue weighted by atomic mass is 19.1. The summed E-state index contributed by atoms with van der Waals surface area (Å²) in [6, 6.07) is 6.59. The Balaban J connectivity index is 0.00000118. The van der Waals surface area contributed by atoms with Crippen molar-refractivity contribution < 1.29 is 42.8 Å². The van der Waals surface area contributed by atoms with E-state index in [0.717, 1.165) is 12.0 Å². The number of carbonyl (C=O) groups excluding carboxylic acids is 3. The van der Waals surface area contributed by atoms with Gasteiger partial charge in [-0.15, -0.1) is 0 Å². The molecular weight excluding hydrogens is 499 g/mol. The molecule has 0 saturated carbocycles. The number of halogens is 1. The van der Waals surface area contributed by atoms with Gasteiger partial charge in [0.05, 0.1) is 13.2 Å². The van der Waals surface area contributed by atoms with E-state index in [2.05, 4.69) is 10.3 Å². The molecule has 11 heteroatoms. The lowest BCUT2D eigenvalue weighted by atomic mass is 10.0. The quantitative estimate of drug-likeness (QED) is 0.514. The summed E-state index contributed by atoms with van der Waals surface area (Å²) in [5.74, 6) is -2.31. The highest BCUT2D eigenvalue weighted by molar-refractivity contribution is 5.98. The van der Waals surface area contributed by atoms with Gasteiger partial charge in [0.1, 0.15) is 18.0 Å². The van der Waals surface area contributed by atoms with Gasteiger partial charge in [-0.3, -0.25) is 9.59 Å². The van der Waals surface area contributed by atoms with Crippen LogP contribution in [0.3, 0.4) is 0 Å². The van der Waals surface area contributed by atoms with Gasteiger partial charge in [-0.2, -0.15) is 0 Å². The molecule has 1 amide bonds. The molecule has 1 aliphatic heterocycles. The lowest BCUT2D eigenvalue weighted by Gasteiger charge is -2.20. The fourth-order valence-electron chi connectivity index (χ4n) is 3.62. The predicted octanol–water partition coefficient (Wildman–Crippen LogP) is 3.00. The smallest absolute Gasteiger partial charge is 0.329 e. The molecule has 10 nitrogen and oxygen atoms in total. The monoisotopic (exact) mass is 534 g/mol. The lowest BCUT2D eigenvalue weighted by Crippen LogP contribution is -2.43. The minimum absolute atomic E-state index is 0.143. The number of nitrogens with one attached hydrogen (secondary N) is 1. The number of methoxy groups -OCH3 is 1. The van der Waals surface area contributed by atoms with Crippen molar-refractivity contribution in [2.24, 2.45) is 0 Å². The van der Waals surface area contributed by atoms with E-state index in [1.807, 2.05) is 6.92 Å². The van der Waals surface area contributed by atoms with Crippen molar-refractivity contribution in [1.82, 2.24) is 10.3 Å². The van der Waals surface area contributed by atoms with E-state index in [0.29, 0.717) is 19.4 Å². The molecule has 2 N–H and O–H groups in total. The first-order valence-electron chi connectivity index (χ1n) is 12.4. The van der Waals surface area contributed by atoms with Gasteiger partial charge in [0, 0.05) is 45.2 Å². The predicted molar refractivity (Wildman–Crippen MR) is 135 cm³/mol. The summed E-state index contributed by atoms with van der Waals surface area (Å²) in [4.78, 5) is 41.1. The van der Waals surface area contributed by atoms with Crippen LogP contribution in [0.2, 0.25) is 0 Å². The molecule has 0 aliphatic carbocycles. The van der Waals surface area contributed by atoms with Gasteiger partial charge in [-0.1, -0.05) is 19.1 Å². The summed E-state index contributed by atoms with van der Waals surface area (Å²) in [7, 11) is 1.36. The SMILES string of the molecule is CCCO.COc1ccnc(C(=O)N[C@H]2CCOC(Cc3ccc(F)cc3)CC(C)OC2=O)c1OC(C)=O. The number of aliphatic hydroxyl groups is 1. The van der Waals surface area contributed by atoms with Crippen LogP contribution in [0, 0.1) is 5.82 Å². The highest BCUT2D eigenvalue weighted by Gasteiger charge is 2.30. The van der Waals surface area contributed by atoms with Crippen LogP contribution in [0.15, 0.2) is 36.5 Å².